The minimum atomic E-state index is 0.223. The van der Waals surface area contributed by atoms with E-state index in [4.69, 9.17) is 9.97 Å². The van der Waals surface area contributed by atoms with Crippen LogP contribution in [0.25, 0.3) is 28.0 Å². The number of hydrogen-bond acceptors (Lipinski definition) is 7. The number of carbonyl (C=O) groups excluding carboxylic acids is 1. The summed E-state index contributed by atoms with van der Waals surface area (Å²) in [5.74, 6) is 1.45. The molecule has 35 heavy (non-hydrogen) atoms. The Morgan fingerprint density at radius 1 is 1.06 bits per heavy atom. The molecule has 0 radical (unpaired) electrons. The molecule has 178 valence electrons. The number of piperazine rings is 1. The number of hydrogen-bond donors (Lipinski definition) is 0. The zero-order chi connectivity index (χ0) is 24.5. The lowest BCUT2D eigenvalue weighted by Gasteiger charge is -2.35. The first-order chi connectivity index (χ1) is 16.9. The van der Waals surface area contributed by atoms with Crippen molar-refractivity contribution < 1.29 is 4.79 Å². The van der Waals surface area contributed by atoms with Crippen molar-refractivity contribution >= 4 is 17.2 Å². The third-order valence-corrected chi connectivity index (χ3v) is 6.18. The number of aryl methyl sites for hydroxylation is 1. The number of carbonyl (C=O) groups is 1. The van der Waals surface area contributed by atoms with Crippen molar-refractivity contribution in [2.24, 2.45) is 13.0 Å². The number of amides is 1. The van der Waals surface area contributed by atoms with Gasteiger partial charge in [-0.1, -0.05) is 13.8 Å². The van der Waals surface area contributed by atoms with Crippen LogP contribution in [-0.2, 0) is 11.8 Å². The highest BCUT2D eigenvalue weighted by molar-refractivity contribution is 5.83. The molecule has 1 fully saturated rings. The highest BCUT2D eigenvalue weighted by atomic mass is 16.2. The third kappa shape index (κ3) is 4.45. The van der Waals surface area contributed by atoms with Gasteiger partial charge in [0.15, 0.2) is 0 Å². The lowest BCUT2D eigenvalue weighted by Crippen LogP contribution is -2.49. The van der Waals surface area contributed by atoms with Gasteiger partial charge in [-0.15, -0.1) is 0 Å². The Balaban J connectivity index is 1.42. The van der Waals surface area contributed by atoms with Crippen molar-refractivity contribution in [3.05, 3.63) is 48.7 Å². The van der Waals surface area contributed by atoms with Gasteiger partial charge >= 0.3 is 0 Å². The third-order valence-electron chi connectivity index (χ3n) is 6.18. The van der Waals surface area contributed by atoms with E-state index in [2.05, 4.69) is 35.0 Å². The predicted molar refractivity (Wildman–Crippen MR) is 131 cm³/mol. The predicted octanol–water partition coefficient (Wildman–Crippen LogP) is 2.76. The molecule has 0 aromatic carbocycles. The molecule has 10 heteroatoms. The maximum absolute atomic E-state index is 12.4. The molecule has 1 aliphatic heterocycles. The van der Waals surface area contributed by atoms with Gasteiger partial charge in [-0.25, -0.2) is 14.5 Å². The lowest BCUT2D eigenvalue weighted by molar-refractivity contribution is -0.132. The SMILES string of the molecule is CC(C)CC(=O)N1CCN(c2ccc(-c3nc(-c4cnn(C)c4)cn4ncc(C#N)c34)cn2)CC1. The highest BCUT2D eigenvalue weighted by Crippen LogP contribution is 2.29. The smallest absolute Gasteiger partial charge is 0.222 e. The Bertz CT molecular complexity index is 1400. The van der Waals surface area contributed by atoms with Crippen molar-refractivity contribution in [2.45, 2.75) is 20.3 Å². The summed E-state index contributed by atoms with van der Waals surface area (Å²) >= 11 is 0. The largest absolute Gasteiger partial charge is 0.353 e. The van der Waals surface area contributed by atoms with Gasteiger partial charge < -0.3 is 9.80 Å². The van der Waals surface area contributed by atoms with Crippen LogP contribution >= 0.6 is 0 Å². The standard InChI is InChI=1S/C25H27N9O/c1-17(2)10-23(35)33-8-6-32(7-9-33)22-5-4-18(12-27-22)24-25-19(11-26)13-29-34(25)16-21(30-24)20-14-28-31(3)15-20/h4-5,12-17H,6-10H2,1-3H3. The summed E-state index contributed by atoms with van der Waals surface area (Å²) in [6.07, 6.45) is 9.37. The minimum absolute atomic E-state index is 0.223. The molecule has 0 aliphatic carbocycles. The van der Waals surface area contributed by atoms with Crippen molar-refractivity contribution in [3.8, 4) is 28.6 Å². The first kappa shape index (κ1) is 22.5. The number of fused-ring (bicyclic) bond motifs is 1. The summed E-state index contributed by atoms with van der Waals surface area (Å²) < 4.78 is 3.40. The van der Waals surface area contributed by atoms with E-state index in [1.165, 1.54) is 0 Å². The molecule has 1 saturated heterocycles. The van der Waals surface area contributed by atoms with Gasteiger partial charge in [0.05, 0.1) is 30.0 Å². The molecule has 4 aromatic heterocycles. The molecule has 0 spiro atoms. The molecular weight excluding hydrogens is 442 g/mol. The number of pyridine rings is 1. The van der Waals surface area contributed by atoms with E-state index in [-0.39, 0.29) is 5.91 Å². The monoisotopic (exact) mass is 469 g/mol. The highest BCUT2D eigenvalue weighted by Gasteiger charge is 2.23. The Labute approximate surface area is 203 Å². The summed E-state index contributed by atoms with van der Waals surface area (Å²) in [7, 11) is 1.85. The summed E-state index contributed by atoms with van der Waals surface area (Å²) in [5.41, 5.74) is 4.11. The van der Waals surface area contributed by atoms with Crippen molar-refractivity contribution in [1.82, 2.24) is 34.3 Å². The van der Waals surface area contributed by atoms with Gasteiger partial charge in [-0.2, -0.15) is 15.5 Å². The van der Waals surface area contributed by atoms with Crippen LogP contribution in [0.15, 0.2) is 43.1 Å². The van der Waals surface area contributed by atoms with Crippen LogP contribution < -0.4 is 4.90 Å². The van der Waals surface area contributed by atoms with E-state index in [1.807, 2.05) is 30.3 Å². The first-order valence-electron chi connectivity index (χ1n) is 11.7. The molecule has 0 bridgehead atoms. The van der Waals surface area contributed by atoms with Gasteiger partial charge in [0, 0.05) is 63.2 Å². The number of rotatable bonds is 5. The molecule has 4 aromatic rings. The van der Waals surface area contributed by atoms with Crippen LogP contribution in [0.5, 0.6) is 0 Å². The average Bonchev–Trinajstić information content (AvgIpc) is 3.49. The Kier molecular flexibility index (Phi) is 5.91. The average molecular weight is 470 g/mol. The maximum atomic E-state index is 12.4. The first-order valence-corrected chi connectivity index (χ1v) is 11.7. The van der Waals surface area contributed by atoms with Crippen LogP contribution in [0.2, 0.25) is 0 Å². The fraction of sp³-hybridized carbons (Fsp3) is 0.360. The van der Waals surface area contributed by atoms with Crippen LogP contribution in [0, 0.1) is 17.2 Å². The molecule has 1 aliphatic rings. The second-order valence-corrected chi connectivity index (χ2v) is 9.21. The number of nitrogens with zero attached hydrogens (tertiary/aromatic N) is 9. The minimum Gasteiger partial charge on any atom is -0.353 e. The quantitative estimate of drug-likeness (QED) is 0.442. The zero-order valence-electron chi connectivity index (χ0n) is 20.1. The molecule has 0 atom stereocenters. The second-order valence-electron chi connectivity index (χ2n) is 9.21. The number of nitriles is 1. The number of anilines is 1. The van der Waals surface area contributed by atoms with E-state index in [1.54, 1.807) is 34.0 Å². The zero-order valence-corrected chi connectivity index (χ0v) is 20.1. The molecule has 1 amide bonds. The normalized spacial score (nSPS) is 14.0. The van der Waals surface area contributed by atoms with Crippen LogP contribution in [0.1, 0.15) is 25.8 Å². The van der Waals surface area contributed by atoms with Crippen LogP contribution in [0.3, 0.4) is 0 Å². The topological polar surface area (TPSA) is 108 Å². The molecule has 0 unspecified atom stereocenters. The van der Waals surface area contributed by atoms with E-state index >= 15 is 0 Å². The Morgan fingerprint density at radius 2 is 1.86 bits per heavy atom. The second kappa shape index (κ2) is 9.18. The van der Waals surface area contributed by atoms with E-state index < -0.39 is 0 Å². The van der Waals surface area contributed by atoms with Crippen LogP contribution in [0.4, 0.5) is 5.82 Å². The molecule has 5 rings (SSSR count). The summed E-state index contributed by atoms with van der Waals surface area (Å²) in [6.45, 7) is 7.03. The Morgan fingerprint density at radius 3 is 2.49 bits per heavy atom. The summed E-state index contributed by atoms with van der Waals surface area (Å²) in [5, 5.41) is 18.2. The van der Waals surface area contributed by atoms with Crippen molar-refractivity contribution in [3.63, 3.8) is 0 Å². The van der Waals surface area contributed by atoms with E-state index in [9.17, 15) is 10.1 Å². The van der Waals surface area contributed by atoms with Gasteiger partial charge in [0.2, 0.25) is 5.91 Å². The van der Waals surface area contributed by atoms with E-state index in [0.717, 1.165) is 30.0 Å². The summed E-state index contributed by atoms with van der Waals surface area (Å²) in [6, 6.07) is 6.16. The van der Waals surface area contributed by atoms with Gasteiger partial charge in [-0.3, -0.25) is 9.48 Å². The van der Waals surface area contributed by atoms with Crippen molar-refractivity contribution in [2.75, 3.05) is 31.1 Å². The molecule has 5 heterocycles. The number of aromatic nitrogens is 6. The maximum Gasteiger partial charge on any atom is 0.222 e. The molecule has 0 saturated carbocycles. The molecule has 0 N–H and O–H groups in total. The van der Waals surface area contributed by atoms with Gasteiger partial charge in [0.1, 0.15) is 23.0 Å². The fourth-order valence-corrected chi connectivity index (χ4v) is 4.37. The van der Waals surface area contributed by atoms with Gasteiger partial charge in [0.25, 0.3) is 0 Å². The molecular formula is C25H27N9O. The Hall–Kier alpha value is -4.26. The summed E-state index contributed by atoms with van der Waals surface area (Å²) in [4.78, 5) is 26.1. The molecule has 10 nitrogen and oxygen atoms in total. The fourth-order valence-electron chi connectivity index (χ4n) is 4.37. The lowest BCUT2D eigenvalue weighted by atomic mass is 10.1. The van der Waals surface area contributed by atoms with E-state index in [0.29, 0.717) is 47.9 Å². The van der Waals surface area contributed by atoms with Gasteiger partial charge in [-0.05, 0) is 18.1 Å². The van der Waals surface area contributed by atoms with Crippen LogP contribution in [-0.4, -0.2) is 66.3 Å². The van der Waals surface area contributed by atoms with Crippen molar-refractivity contribution in [1.29, 1.82) is 5.26 Å².